The Balaban J connectivity index is 1.42. The molecule has 2 fully saturated rings. The van der Waals surface area contributed by atoms with E-state index < -0.39 is 0 Å². The van der Waals surface area contributed by atoms with Crippen molar-refractivity contribution in [2.24, 2.45) is 0 Å². The predicted octanol–water partition coefficient (Wildman–Crippen LogP) is 3.44. The standard InChI is InChI=1S/C19H25N5O/c1-14(15-6-8-16(9-7-15)23-13-20-12-21-23)22-19(25)24(18-10-11-18)17-4-2-3-5-17/h6-9,12-14,17-18H,2-5,10-11H2,1H3,(H,22,25)/t14-/m0/s1. The van der Waals surface area contributed by atoms with Crippen molar-refractivity contribution in [2.45, 2.75) is 63.6 Å². The summed E-state index contributed by atoms with van der Waals surface area (Å²) in [6, 6.07) is 9.07. The number of rotatable bonds is 5. The van der Waals surface area contributed by atoms with Crippen molar-refractivity contribution >= 4 is 6.03 Å². The van der Waals surface area contributed by atoms with Crippen LogP contribution in [0, 0.1) is 0 Å². The van der Waals surface area contributed by atoms with Crippen LogP contribution >= 0.6 is 0 Å². The Bertz CT molecular complexity index is 702. The summed E-state index contributed by atoms with van der Waals surface area (Å²) >= 11 is 0. The quantitative estimate of drug-likeness (QED) is 0.907. The van der Waals surface area contributed by atoms with Crippen LogP contribution < -0.4 is 5.32 Å². The zero-order chi connectivity index (χ0) is 17.2. The van der Waals surface area contributed by atoms with E-state index >= 15 is 0 Å². The molecule has 0 spiro atoms. The van der Waals surface area contributed by atoms with Crippen LogP contribution in [0.5, 0.6) is 0 Å². The van der Waals surface area contributed by atoms with Crippen molar-refractivity contribution < 1.29 is 4.79 Å². The fourth-order valence-electron chi connectivity index (χ4n) is 3.77. The van der Waals surface area contributed by atoms with Crippen molar-refractivity contribution in [1.29, 1.82) is 0 Å². The Morgan fingerprint density at radius 2 is 1.84 bits per heavy atom. The monoisotopic (exact) mass is 339 g/mol. The van der Waals surface area contributed by atoms with Gasteiger partial charge in [0, 0.05) is 12.1 Å². The maximum atomic E-state index is 12.8. The smallest absolute Gasteiger partial charge is 0.318 e. The van der Waals surface area contributed by atoms with Gasteiger partial charge >= 0.3 is 6.03 Å². The fourth-order valence-corrected chi connectivity index (χ4v) is 3.77. The van der Waals surface area contributed by atoms with Crippen LogP contribution in [0.1, 0.15) is 57.1 Å². The molecule has 1 atom stereocenters. The molecular weight excluding hydrogens is 314 g/mol. The van der Waals surface area contributed by atoms with Gasteiger partial charge in [-0.05, 0) is 50.3 Å². The first-order chi connectivity index (χ1) is 12.2. The van der Waals surface area contributed by atoms with Crippen molar-refractivity contribution in [2.75, 3.05) is 0 Å². The Hall–Kier alpha value is -2.37. The first-order valence-corrected chi connectivity index (χ1v) is 9.26. The summed E-state index contributed by atoms with van der Waals surface area (Å²) in [4.78, 5) is 18.9. The normalized spacial score (nSPS) is 18.9. The molecule has 1 aromatic carbocycles. The molecule has 4 rings (SSSR count). The van der Waals surface area contributed by atoms with Crippen LogP contribution in [-0.4, -0.2) is 37.8 Å². The number of carbonyl (C=O) groups excluding carboxylic acids is 1. The Kier molecular flexibility index (Phi) is 4.42. The van der Waals surface area contributed by atoms with Gasteiger partial charge in [-0.15, -0.1) is 0 Å². The summed E-state index contributed by atoms with van der Waals surface area (Å²) in [6.45, 7) is 2.04. The highest BCUT2D eigenvalue weighted by Crippen LogP contribution is 2.34. The molecule has 6 nitrogen and oxygen atoms in total. The van der Waals surface area contributed by atoms with E-state index in [-0.39, 0.29) is 12.1 Å². The van der Waals surface area contributed by atoms with Gasteiger partial charge in [-0.3, -0.25) is 0 Å². The van der Waals surface area contributed by atoms with Crippen LogP contribution in [0.2, 0.25) is 0 Å². The number of hydrogen-bond acceptors (Lipinski definition) is 3. The minimum Gasteiger partial charge on any atom is -0.331 e. The molecule has 0 saturated heterocycles. The molecule has 0 unspecified atom stereocenters. The molecule has 2 saturated carbocycles. The van der Waals surface area contributed by atoms with E-state index in [4.69, 9.17) is 0 Å². The maximum Gasteiger partial charge on any atom is 0.318 e. The highest BCUT2D eigenvalue weighted by Gasteiger charge is 2.38. The molecule has 25 heavy (non-hydrogen) atoms. The second-order valence-corrected chi connectivity index (χ2v) is 7.18. The molecule has 0 radical (unpaired) electrons. The van der Waals surface area contributed by atoms with E-state index in [0.717, 1.165) is 36.9 Å². The SMILES string of the molecule is C[C@H](NC(=O)N(C1CCCC1)C1CC1)c1ccc(-n2cncn2)cc1. The third-order valence-corrected chi connectivity index (χ3v) is 5.31. The lowest BCUT2D eigenvalue weighted by Crippen LogP contribution is -2.47. The summed E-state index contributed by atoms with van der Waals surface area (Å²) < 4.78 is 1.72. The van der Waals surface area contributed by atoms with Crippen molar-refractivity contribution in [1.82, 2.24) is 25.0 Å². The number of nitrogens with one attached hydrogen (secondary N) is 1. The Labute approximate surface area is 148 Å². The summed E-state index contributed by atoms with van der Waals surface area (Å²) in [6.07, 6.45) is 10.3. The Morgan fingerprint density at radius 3 is 2.44 bits per heavy atom. The van der Waals surface area contributed by atoms with Crippen LogP contribution in [0.15, 0.2) is 36.9 Å². The zero-order valence-electron chi connectivity index (χ0n) is 14.6. The van der Waals surface area contributed by atoms with E-state index in [1.165, 1.54) is 19.2 Å². The molecule has 2 aliphatic carbocycles. The van der Waals surface area contributed by atoms with Gasteiger partial charge in [0.15, 0.2) is 0 Å². The lowest BCUT2D eigenvalue weighted by Gasteiger charge is -2.30. The van der Waals surface area contributed by atoms with Gasteiger partial charge in [0.25, 0.3) is 0 Å². The second kappa shape index (κ2) is 6.86. The average molecular weight is 339 g/mol. The molecule has 1 aromatic heterocycles. The number of urea groups is 1. The molecule has 2 aliphatic rings. The molecule has 2 aromatic rings. The number of amides is 2. The van der Waals surface area contributed by atoms with Gasteiger partial charge in [-0.1, -0.05) is 25.0 Å². The topological polar surface area (TPSA) is 63.1 Å². The van der Waals surface area contributed by atoms with E-state index in [2.05, 4.69) is 20.3 Å². The zero-order valence-corrected chi connectivity index (χ0v) is 14.6. The Morgan fingerprint density at radius 1 is 1.16 bits per heavy atom. The van der Waals surface area contributed by atoms with Crippen LogP contribution in [-0.2, 0) is 0 Å². The summed E-state index contributed by atoms with van der Waals surface area (Å²) in [5.74, 6) is 0. The van der Waals surface area contributed by atoms with E-state index in [9.17, 15) is 4.79 Å². The maximum absolute atomic E-state index is 12.8. The first kappa shape index (κ1) is 16.1. The predicted molar refractivity (Wildman–Crippen MR) is 95.4 cm³/mol. The van der Waals surface area contributed by atoms with Gasteiger partial charge in [-0.25, -0.2) is 14.5 Å². The summed E-state index contributed by atoms with van der Waals surface area (Å²) in [5, 5.41) is 7.33. The van der Waals surface area contributed by atoms with Crippen molar-refractivity contribution in [3.8, 4) is 5.69 Å². The molecule has 132 valence electrons. The average Bonchev–Trinajstić information content (AvgIpc) is 3.09. The van der Waals surface area contributed by atoms with Crippen molar-refractivity contribution in [3.05, 3.63) is 42.5 Å². The second-order valence-electron chi connectivity index (χ2n) is 7.18. The lowest BCUT2D eigenvalue weighted by molar-refractivity contribution is 0.167. The van der Waals surface area contributed by atoms with E-state index in [0.29, 0.717) is 12.1 Å². The molecule has 1 N–H and O–H groups in total. The highest BCUT2D eigenvalue weighted by atomic mass is 16.2. The molecule has 0 bridgehead atoms. The summed E-state index contributed by atoms with van der Waals surface area (Å²) in [7, 11) is 0. The van der Waals surface area contributed by atoms with Crippen LogP contribution in [0.4, 0.5) is 4.79 Å². The number of hydrogen-bond donors (Lipinski definition) is 1. The van der Waals surface area contributed by atoms with Gasteiger partial charge in [0.2, 0.25) is 0 Å². The van der Waals surface area contributed by atoms with Gasteiger partial charge in [0.1, 0.15) is 12.7 Å². The van der Waals surface area contributed by atoms with Gasteiger partial charge < -0.3 is 10.2 Å². The minimum absolute atomic E-state index is 0.0139. The highest BCUT2D eigenvalue weighted by molar-refractivity contribution is 5.76. The van der Waals surface area contributed by atoms with Crippen molar-refractivity contribution in [3.63, 3.8) is 0 Å². The van der Waals surface area contributed by atoms with E-state index in [1.807, 2.05) is 31.2 Å². The summed E-state index contributed by atoms with van der Waals surface area (Å²) in [5.41, 5.74) is 2.06. The first-order valence-electron chi connectivity index (χ1n) is 9.26. The molecule has 6 heteroatoms. The number of aromatic nitrogens is 3. The number of benzene rings is 1. The molecule has 0 aliphatic heterocycles. The largest absolute Gasteiger partial charge is 0.331 e. The molecular formula is C19H25N5O. The fraction of sp³-hybridized carbons (Fsp3) is 0.526. The minimum atomic E-state index is -0.0139. The molecule has 2 amide bonds. The van der Waals surface area contributed by atoms with Gasteiger partial charge in [0.05, 0.1) is 11.7 Å². The number of carbonyl (C=O) groups is 1. The van der Waals surface area contributed by atoms with Crippen LogP contribution in [0.25, 0.3) is 5.69 Å². The third kappa shape index (κ3) is 3.52. The lowest BCUT2D eigenvalue weighted by atomic mass is 10.1. The number of nitrogens with zero attached hydrogens (tertiary/aromatic N) is 4. The third-order valence-electron chi connectivity index (χ3n) is 5.31. The van der Waals surface area contributed by atoms with Gasteiger partial charge in [-0.2, -0.15) is 5.10 Å². The molecule has 1 heterocycles. The van der Waals surface area contributed by atoms with E-state index in [1.54, 1.807) is 11.0 Å². The van der Waals surface area contributed by atoms with Crippen LogP contribution in [0.3, 0.4) is 0 Å².